The Morgan fingerprint density at radius 2 is 2.00 bits per heavy atom. The molecule has 0 aromatic carbocycles. The van der Waals surface area contributed by atoms with Crippen LogP contribution < -0.4 is 16.6 Å². The lowest BCUT2D eigenvalue weighted by Gasteiger charge is -2.20. The van der Waals surface area contributed by atoms with E-state index in [1.54, 1.807) is 14.0 Å². The van der Waals surface area contributed by atoms with Gasteiger partial charge >= 0.3 is 5.69 Å². The molecular formula is C11H19N5O3. The standard InChI is InChI=1S/C11H19N5O3/c1-6-14(3)9(17)7(2)12-8-10(18)15(4)11(19)16(5)13-8/h7H,6H2,1-5H3,(H,12,13). The Hall–Kier alpha value is -2.12. The minimum atomic E-state index is -0.595. The molecule has 8 heteroatoms. The van der Waals surface area contributed by atoms with Gasteiger partial charge in [0.2, 0.25) is 11.7 Å². The minimum absolute atomic E-state index is 0.0186. The molecular weight excluding hydrogens is 250 g/mol. The number of nitrogens with zero attached hydrogens (tertiary/aromatic N) is 4. The molecule has 1 aromatic heterocycles. The van der Waals surface area contributed by atoms with Crippen molar-refractivity contribution in [2.75, 3.05) is 18.9 Å². The quantitative estimate of drug-likeness (QED) is 0.738. The summed E-state index contributed by atoms with van der Waals surface area (Å²) < 4.78 is 1.99. The molecule has 0 radical (unpaired) electrons. The number of anilines is 1. The predicted molar refractivity (Wildman–Crippen MR) is 71.1 cm³/mol. The summed E-state index contributed by atoms with van der Waals surface area (Å²) in [6, 6.07) is -0.595. The van der Waals surface area contributed by atoms with E-state index in [-0.39, 0.29) is 11.7 Å². The average molecular weight is 269 g/mol. The van der Waals surface area contributed by atoms with Gasteiger partial charge in [-0.15, -0.1) is 5.10 Å². The summed E-state index contributed by atoms with van der Waals surface area (Å²) in [6.45, 7) is 4.07. The highest BCUT2D eigenvalue weighted by Gasteiger charge is 2.19. The average Bonchev–Trinajstić information content (AvgIpc) is 2.40. The number of aryl methyl sites for hydroxylation is 1. The second kappa shape index (κ2) is 5.68. The number of hydrogen-bond acceptors (Lipinski definition) is 5. The van der Waals surface area contributed by atoms with Crippen molar-refractivity contribution in [3.8, 4) is 0 Å². The van der Waals surface area contributed by atoms with Crippen LogP contribution in [0.1, 0.15) is 13.8 Å². The monoisotopic (exact) mass is 269 g/mol. The third-order valence-corrected chi connectivity index (χ3v) is 2.90. The van der Waals surface area contributed by atoms with Crippen LogP contribution in [0.2, 0.25) is 0 Å². The van der Waals surface area contributed by atoms with Crippen LogP contribution in [-0.2, 0) is 18.9 Å². The van der Waals surface area contributed by atoms with Gasteiger partial charge in [0.1, 0.15) is 6.04 Å². The number of likely N-dealkylation sites (N-methyl/N-ethyl adjacent to an activating group) is 1. The van der Waals surface area contributed by atoms with Crippen molar-refractivity contribution in [2.24, 2.45) is 14.1 Å². The SMILES string of the molecule is CCN(C)C(=O)C(C)Nc1nn(C)c(=O)n(C)c1=O. The summed E-state index contributed by atoms with van der Waals surface area (Å²) in [7, 11) is 4.48. The Labute approximate surface area is 110 Å². The van der Waals surface area contributed by atoms with Crippen LogP contribution in [0.25, 0.3) is 0 Å². The first kappa shape index (κ1) is 14.9. The highest BCUT2D eigenvalue weighted by molar-refractivity contribution is 5.83. The van der Waals surface area contributed by atoms with Crippen molar-refractivity contribution in [2.45, 2.75) is 19.9 Å². The second-order valence-corrected chi connectivity index (χ2v) is 4.34. The Bertz CT molecular complexity index is 589. The van der Waals surface area contributed by atoms with E-state index in [0.717, 1.165) is 9.25 Å². The number of hydrogen-bond donors (Lipinski definition) is 1. The van der Waals surface area contributed by atoms with E-state index in [1.165, 1.54) is 19.0 Å². The number of aromatic nitrogens is 3. The zero-order valence-corrected chi connectivity index (χ0v) is 11.8. The third kappa shape index (κ3) is 3.01. The predicted octanol–water partition coefficient (Wildman–Crippen LogP) is -1.24. The molecule has 0 bridgehead atoms. The van der Waals surface area contributed by atoms with Gasteiger partial charge in [0.05, 0.1) is 0 Å². The van der Waals surface area contributed by atoms with E-state index in [0.29, 0.717) is 6.54 Å². The molecule has 1 N–H and O–H groups in total. The highest BCUT2D eigenvalue weighted by Crippen LogP contribution is 1.98. The normalized spacial score (nSPS) is 12.1. The fourth-order valence-electron chi connectivity index (χ4n) is 1.54. The summed E-state index contributed by atoms with van der Waals surface area (Å²) in [5.41, 5.74) is -1.07. The van der Waals surface area contributed by atoms with E-state index in [2.05, 4.69) is 10.4 Å². The summed E-state index contributed by atoms with van der Waals surface area (Å²) in [4.78, 5) is 36.7. The van der Waals surface area contributed by atoms with Crippen LogP contribution in [0.5, 0.6) is 0 Å². The van der Waals surface area contributed by atoms with Gasteiger partial charge in [0, 0.05) is 27.7 Å². The van der Waals surface area contributed by atoms with Gasteiger partial charge in [0.25, 0.3) is 5.56 Å². The van der Waals surface area contributed by atoms with Crippen molar-refractivity contribution in [1.82, 2.24) is 19.2 Å². The molecule has 1 aromatic rings. The highest BCUT2D eigenvalue weighted by atomic mass is 16.2. The molecule has 1 atom stereocenters. The molecule has 1 amide bonds. The number of carbonyl (C=O) groups excluding carboxylic acids is 1. The molecule has 0 spiro atoms. The van der Waals surface area contributed by atoms with Gasteiger partial charge in [-0.3, -0.25) is 14.2 Å². The van der Waals surface area contributed by atoms with Crippen LogP contribution in [-0.4, -0.2) is 44.8 Å². The molecule has 1 unspecified atom stereocenters. The van der Waals surface area contributed by atoms with Crippen LogP contribution >= 0.6 is 0 Å². The van der Waals surface area contributed by atoms with Gasteiger partial charge in [-0.05, 0) is 13.8 Å². The first-order valence-corrected chi connectivity index (χ1v) is 5.95. The first-order valence-electron chi connectivity index (χ1n) is 5.95. The van der Waals surface area contributed by atoms with E-state index >= 15 is 0 Å². The number of nitrogens with one attached hydrogen (secondary N) is 1. The number of carbonyl (C=O) groups is 1. The fraction of sp³-hybridized carbons (Fsp3) is 0.636. The smallest absolute Gasteiger partial charge is 0.346 e. The Morgan fingerprint density at radius 3 is 2.53 bits per heavy atom. The van der Waals surface area contributed by atoms with Crippen molar-refractivity contribution in [1.29, 1.82) is 0 Å². The van der Waals surface area contributed by atoms with Crippen LogP contribution in [0.4, 0.5) is 5.82 Å². The molecule has 0 saturated heterocycles. The maximum atomic E-state index is 11.9. The van der Waals surface area contributed by atoms with Gasteiger partial charge in [-0.1, -0.05) is 0 Å². The maximum Gasteiger partial charge on any atom is 0.346 e. The van der Waals surface area contributed by atoms with Gasteiger partial charge in [-0.2, -0.15) is 0 Å². The molecule has 19 heavy (non-hydrogen) atoms. The third-order valence-electron chi connectivity index (χ3n) is 2.90. The molecule has 1 rings (SSSR count). The molecule has 106 valence electrons. The fourth-order valence-corrected chi connectivity index (χ4v) is 1.54. The Morgan fingerprint density at radius 1 is 1.42 bits per heavy atom. The number of rotatable bonds is 4. The topological polar surface area (TPSA) is 89.2 Å². The lowest BCUT2D eigenvalue weighted by Crippen LogP contribution is -2.44. The maximum absolute atomic E-state index is 11.9. The summed E-state index contributed by atoms with van der Waals surface area (Å²) in [6.07, 6.45) is 0. The van der Waals surface area contributed by atoms with Gasteiger partial charge < -0.3 is 10.2 Å². The second-order valence-electron chi connectivity index (χ2n) is 4.34. The van der Waals surface area contributed by atoms with Crippen LogP contribution in [0.15, 0.2) is 9.59 Å². The zero-order chi connectivity index (χ0) is 14.7. The summed E-state index contributed by atoms with van der Waals surface area (Å²) in [5.74, 6) is -0.171. The van der Waals surface area contributed by atoms with E-state index in [1.807, 2.05) is 6.92 Å². The van der Waals surface area contributed by atoms with Crippen molar-refractivity contribution in [3.63, 3.8) is 0 Å². The minimum Gasteiger partial charge on any atom is -0.353 e. The van der Waals surface area contributed by atoms with Crippen molar-refractivity contribution in [3.05, 3.63) is 20.8 Å². The van der Waals surface area contributed by atoms with E-state index < -0.39 is 17.3 Å². The molecule has 0 aliphatic heterocycles. The van der Waals surface area contributed by atoms with E-state index in [4.69, 9.17) is 0 Å². The molecule has 8 nitrogen and oxygen atoms in total. The van der Waals surface area contributed by atoms with Crippen molar-refractivity contribution >= 4 is 11.7 Å². The van der Waals surface area contributed by atoms with Gasteiger partial charge in [0.15, 0.2) is 0 Å². The lowest BCUT2D eigenvalue weighted by atomic mass is 10.3. The molecule has 0 aliphatic carbocycles. The molecule has 0 fully saturated rings. The molecule has 0 saturated carbocycles. The molecule has 0 aliphatic rings. The number of amides is 1. The lowest BCUT2D eigenvalue weighted by molar-refractivity contribution is -0.130. The van der Waals surface area contributed by atoms with Crippen molar-refractivity contribution < 1.29 is 4.79 Å². The Kier molecular flexibility index (Phi) is 4.47. The summed E-state index contributed by atoms with van der Waals surface area (Å²) >= 11 is 0. The van der Waals surface area contributed by atoms with Gasteiger partial charge in [-0.25, -0.2) is 9.48 Å². The zero-order valence-electron chi connectivity index (χ0n) is 11.8. The van der Waals surface area contributed by atoms with Crippen LogP contribution in [0, 0.1) is 0 Å². The first-order chi connectivity index (χ1) is 8.79. The van der Waals surface area contributed by atoms with E-state index in [9.17, 15) is 14.4 Å². The van der Waals surface area contributed by atoms with Crippen LogP contribution in [0.3, 0.4) is 0 Å². The largest absolute Gasteiger partial charge is 0.353 e. The summed E-state index contributed by atoms with van der Waals surface area (Å²) in [5, 5.41) is 6.57. The Balaban J connectivity index is 3.05. The molecule has 1 heterocycles.